The van der Waals surface area contributed by atoms with E-state index in [1.54, 1.807) is 6.07 Å². The lowest BCUT2D eigenvalue weighted by Gasteiger charge is -2.58. The van der Waals surface area contributed by atoms with Gasteiger partial charge >= 0.3 is 0 Å². The number of ether oxygens (including phenoxy) is 1. The standard InChI is InChI=1S/C21H32FN3O2/c1-5-27-18-12-21(23,20(18,3)4)19(26)24-16-7-6-10-25(13-16)17-9-8-15(22)11-14(17)2/h8-9,11,16,18H,5-7,10,12-13,23H2,1-4H3,(H,24,26). The third-order valence-electron chi connectivity index (χ3n) is 6.49. The largest absolute Gasteiger partial charge is 0.378 e. The van der Waals surface area contributed by atoms with Crippen molar-refractivity contribution in [3.05, 3.63) is 29.6 Å². The molecule has 3 unspecified atom stereocenters. The van der Waals surface area contributed by atoms with E-state index in [-0.39, 0.29) is 23.9 Å². The fraction of sp³-hybridized carbons (Fsp3) is 0.667. The maximum absolute atomic E-state index is 13.4. The number of halogens is 1. The van der Waals surface area contributed by atoms with Crippen LogP contribution in [0.15, 0.2) is 18.2 Å². The zero-order chi connectivity index (χ0) is 19.8. The molecule has 6 heteroatoms. The molecule has 2 fully saturated rings. The van der Waals surface area contributed by atoms with Gasteiger partial charge in [-0.25, -0.2) is 4.39 Å². The summed E-state index contributed by atoms with van der Waals surface area (Å²) in [5.74, 6) is -0.314. The number of nitrogens with two attached hydrogens (primary N) is 1. The van der Waals surface area contributed by atoms with Crippen LogP contribution in [0.3, 0.4) is 0 Å². The molecule has 1 saturated carbocycles. The third kappa shape index (κ3) is 3.57. The van der Waals surface area contributed by atoms with Crippen molar-refractivity contribution in [1.29, 1.82) is 0 Å². The molecule has 3 N–H and O–H groups in total. The van der Waals surface area contributed by atoms with Gasteiger partial charge in [-0.3, -0.25) is 4.79 Å². The summed E-state index contributed by atoms with van der Waals surface area (Å²) in [5, 5.41) is 3.17. The highest BCUT2D eigenvalue weighted by Gasteiger charge is 2.63. The van der Waals surface area contributed by atoms with Crippen molar-refractivity contribution >= 4 is 11.6 Å². The number of benzene rings is 1. The highest BCUT2D eigenvalue weighted by Crippen LogP contribution is 2.49. The summed E-state index contributed by atoms with van der Waals surface area (Å²) in [5.41, 5.74) is 7.15. The summed E-state index contributed by atoms with van der Waals surface area (Å²) >= 11 is 0. The number of carbonyl (C=O) groups is 1. The summed E-state index contributed by atoms with van der Waals surface area (Å²) in [6.07, 6.45) is 2.47. The average molecular weight is 378 g/mol. The van der Waals surface area contributed by atoms with Crippen molar-refractivity contribution in [2.75, 3.05) is 24.6 Å². The number of rotatable bonds is 5. The van der Waals surface area contributed by atoms with Gasteiger partial charge in [0.15, 0.2) is 0 Å². The van der Waals surface area contributed by atoms with Gasteiger partial charge in [-0.1, -0.05) is 13.8 Å². The molecule has 1 aromatic carbocycles. The van der Waals surface area contributed by atoms with Crippen LogP contribution in [0.2, 0.25) is 0 Å². The lowest BCUT2D eigenvalue weighted by molar-refractivity contribution is -0.171. The predicted octanol–water partition coefficient (Wildman–Crippen LogP) is 2.75. The molecular weight excluding hydrogens is 345 g/mol. The second-order valence-corrected chi connectivity index (χ2v) is 8.53. The smallest absolute Gasteiger partial charge is 0.241 e. The topological polar surface area (TPSA) is 67.6 Å². The Morgan fingerprint density at radius 2 is 2.19 bits per heavy atom. The number of aryl methyl sites for hydroxylation is 1. The molecular formula is C21H32FN3O2. The van der Waals surface area contributed by atoms with Crippen LogP contribution in [0, 0.1) is 18.2 Å². The molecule has 3 rings (SSSR count). The first-order chi connectivity index (χ1) is 12.7. The zero-order valence-electron chi connectivity index (χ0n) is 16.8. The molecule has 1 saturated heterocycles. The summed E-state index contributed by atoms with van der Waals surface area (Å²) in [6.45, 7) is 10.1. The van der Waals surface area contributed by atoms with Gasteiger partial charge in [-0.15, -0.1) is 0 Å². The van der Waals surface area contributed by atoms with E-state index in [9.17, 15) is 9.18 Å². The lowest BCUT2D eigenvalue weighted by atomic mass is 9.54. The second kappa shape index (κ2) is 7.40. The number of carbonyl (C=O) groups excluding carboxylic acids is 1. The van der Waals surface area contributed by atoms with E-state index in [2.05, 4.69) is 10.2 Å². The fourth-order valence-electron chi connectivity index (χ4n) is 4.42. The number of amides is 1. The first-order valence-electron chi connectivity index (χ1n) is 9.91. The van der Waals surface area contributed by atoms with Gasteiger partial charge < -0.3 is 20.7 Å². The average Bonchev–Trinajstić information content (AvgIpc) is 2.61. The van der Waals surface area contributed by atoms with E-state index in [1.807, 2.05) is 33.8 Å². The van der Waals surface area contributed by atoms with Crippen LogP contribution in [0.25, 0.3) is 0 Å². The first kappa shape index (κ1) is 20.1. The van der Waals surface area contributed by atoms with Crippen molar-refractivity contribution in [2.24, 2.45) is 11.1 Å². The van der Waals surface area contributed by atoms with Crippen molar-refractivity contribution in [3.63, 3.8) is 0 Å². The number of nitrogens with zero attached hydrogens (tertiary/aromatic N) is 1. The Labute approximate surface area is 161 Å². The van der Waals surface area contributed by atoms with Gasteiger partial charge in [0.1, 0.15) is 11.4 Å². The maximum Gasteiger partial charge on any atom is 0.241 e. The molecule has 27 heavy (non-hydrogen) atoms. The van der Waals surface area contributed by atoms with Crippen LogP contribution in [0.1, 0.15) is 45.6 Å². The van der Waals surface area contributed by atoms with Crippen molar-refractivity contribution in [1.82, 2.24) is 5.32 Å². The summed E-state index contributed by atoms with van der Waals surface area (Å²) in [6, 6.07) is 4.90. The SMILES string of the molecule is CCOC1CC(N)(C(=O)NC2CCCN(c3ccc(F)cc3C)C2)C1(C)C. The number of piperidine rings is 1. The monoisotopic (exact) mass is 377 g/mol. The Morgan fingerprint density at radius 3 is 2.81 bits per heavy atom. The van der Waals surface area contributed by atoms with Crippen molar-refractivity contribution in [2.45, 2.75) is 64.6 Å². The van der Waals surface area contributed by atoms with Crippen LogP contribution in [0.5, 0.6) is 0 Å². The Kier molecular flexibility index (Phi) is 5.50. The maximum atomic E-state index is 13.4. The molecule has 0 radical (unpaired) electrons. The minimum absolute atomic E-state index is 0.0166. The van der Waals surface area contributed by atoms with Crippen LogP contribution in [-0.4, -0.2) is 43.3 Å². The Morgan fingerprint density at radius 1 is 1.44 bits per heavy atom. The number of hydrogen-bond donors (Lipinski definition) is 2. The summed E-state index contributed by atoms with van der Waals surface area (Å²) in [7, 11) is 0. The summed E-state index contributed by atoms with van der Waals surface area (Å²) < 4.78 is 19.1. The van der Waals surface area contributed by atoms with Gasteiger partial charge in [0, 0.05) is 43.3 Å². The van der Waals surface area contributed by atoms with E-state index in [1.165, 1.54) is 6.07 Å². The Hall–Kier alpha value is -1.66. The molecule has 2 aliphatic rings. The van der Waals surface area contributed by atoms with Gasteiger partial charge in [0.2, 0.25) is 5.91 Å². The normalized spacial score (nSPS) is 29.9. The van der Waals surface area contributed by atoms with Crippen LogP contribution in [-0.2, 0) is 9.53 Å². The highest BCUT2D eigenvalue weighted by molar-refractivity contribution is 5.89. The molecule has 1 heterocycles. The predicted molar refractivity (Wildman–Crippen MR) is 105 cm³/mol. The third-order valence-corrected chi connectivity index (χ3v) is 6.49. The van der Waals surface area contributed by atoms with Gasteiger partial charge in [-0.2, -0.15) is 0 Å². The lowest BCUT2D eigenvalue weighted by Crippen LogP contribution is -2.76. The molecule has 3 atom stereocenters. The molecule has 5 nitrogen and oxygen atoms in total. The summed E-state index contributed by atoms with van der Waals surface area (Å²) in [4.78, 5) is 15.2. The van der Waals surface area contributed by atoms with Crippen LogP contribution in [0.4, 0.5) is 10.1 Å². The minimum Gasteiger partial charge on any atom is -0.378 e. The molecule has 0 spiro atoms. The van der Waals surface area contributed by atoms with Crippen molar-refractivity contribution < 1.29 is 13.9 Å². The van der Waals surface area contributed by atoms with E-state index < -0.39 is 11.0 Å². The van der Waals surface area contributed by atoms with Crippen LogP contribution < -0.4 is 16.0 Å². The Balaban J connectivity index is 1.65. The highest BCUT2D eigenvalue weighted by atomic mass is 19.1. The molecule has 0 aromatic heterocycles. The minimum atomic E-state index is -0.902. The molecule has 1 aliphatic carbocycles. The number of anilines is 1. The quantitative estimate of drug-likeness (QED) is 0.828. The molecule has 1 amide bonds. The second-order valence-electron chi connectivity index (χ2n) is 8.53. The molecule has 150 valence electrons. The van der Waals surface area contributed by atoms with E-state index in [0.717, 1.165) is 30.6 Å². The van der Waals surface area contributed by atoms with Gasteiger partial charge in [0.05, 0.1) is 6.10 Å². The number of nitrogens with one attached hydrogen (secondary N) is 1. The van der Waals surface area contributed by atoms with E-state index in [0.29, 0.717) is 19.6 Å². The van der Waals surface area contributed by atoms with Crippen LogP contribution >= 0.6 is 0 Å². The molecule has 0 bridgehead atoms. The molecule has 1 aromatic rings. The van der Waals surface area contributed by atoms with Gasteiger partial charge in [-0.05, 0) is 50.5 Å². The van der Waals surface area contributed by atoms with Gasteiger partial charge in [0.25, 0.3) is 0 Å². The van der Waals surface area contributed by atoms with E-state index in [4.69, 9.17) is 10.5 Å². The molecule has 1 aliphatic heterocycles. The first-order valence-corrected chi connectivity index (χ1v) is 9.91. The Bertz CT molecular complexity index is 709. The van der Waals surface area contributed by atoms with E-state index >= 15 is 0 Å². The zero-order valence-corrected chi connectivity index (χ0v) is 16.8. The van der Waals surface area contributed by atoms with Crippen molar-refractivity contribution in [3.8, 4) is 0 Å². The fourth-order valence-corrected chi connectivity index (χ4v) is 4.42. The number of hydrogen-bond acceptors (Lipinski definition) is 4.